The van der Waals surface area contributed by atoms with E-state index < -0.39 is 0 Å². The van der Waals surface area contributed by atoms with E-state index in [-0.39, 0.29) is 12.5 Å². The van der Waals surface area contributed by atoms with Crippen LogP contribution in [-0.2, 0) is 22.6 Å². The van der Waals surface area contributed by atoms with Gasteiger partial charge in [-0.3, -0.25) is 9.69 Å². The van der Waals surface area contributed by atoms with Crippen molar-refractivity contribution in [2.24, 2.45) is 5.92 Å². The predicted molar refractivity (Wildman–Crippen MR) is 77.0 cm³/mol. The number of ether oxygens (including phenoxy) is 1. The van der Waals surface area contributed by atoms with Gasteiger partial charge in [-0.05, 0) is 12.8 Å². The van der Waals surface area contributed by atoms with Gasteiger partial charge in [0.15, 0.2) is 0 Å². The topological polar surface area (TPSA) is 60.3 Å². The van der Waals surface area contributed by atoms with Crippen LogP contribution in [0.15, 0.2) is 19.0 Å². The Morgan fingerprint density at radius 1 is 1.60 bits per heavy atom. The second kappa shape index (κ2) is 8.47. The lowest BCUT2D eigenvalue weighted by molar-refractivity contribution is -0.144. The second-order valence-corrected chi connectivity index (χ2v) is 5.02. The third kappa shape index (κ3) is 5.52. The summed E-state index contributed by atoms with van der Waals surface area (Å²) in [7, 11) is 0. The van der Waals surface area contributed by atoms with Gasteiger partial charge in [-0.1, -0.05) is 19.9 Å². The molecule has 1 heterocycles. The number of carbonyl (C=O) groups excluding carboxylic acids is 1. The minimum atomic E-state index is -0.232. The number of carbonyl (C=O) groups is 1. The molecule has 20 heavy (non-hydrogen) atoms. The number of hydrogen-bond acceptors (Lipinski definition) is 5. The molecule has 0 aromatic carbocycles. The zero-order valence-electron chi connectivity index (χ0n) is 12.6. The zero-order valence-corrected chi connectivity index (χ0v) is 12.6. The molecule has 0 aliphatic rings. The summed E-state index contributed by atoms with van der Waals surface area (Å²) < 4.78 is 6.86. The van der Waals surface area contributed by atoms with Gasteiger partial charge in [0.2, 0.25) is 0 Å². The molecule has 0 fully saturated rings. The molecule has 6 heteroatoms. The number of rotatable bonds is 9. The fraction of sp³-hybridized carbons (Fsp3) is 0.643. The number of esters is 1. The van der Waals surface area contributed by atoms with E-state index in [1.807, 2.05) is 9.58 Å². The molecular weight excluding hydrogens is 256 g/mol. The van der Waals surface area contributed by atoms with E-state index in [9.17, 15) is 4.79 Å². The first-order valence-corrected chi connectivity index (χ1v) is 6.92. The number of nitrogens with zero attached hydrogens (tertiary/aromatic N) is 4. The molecule has 0 atom stereocenters. The molecule has 112 valence electrons. The molecule has 0 radical (unpaired) electrons. The molecule has 1 aromatic rings. The lowest BCUT2D eigenvalue weighted by Gasteiger charge is -2.19. The normalized spacial score (nSPS) is 11.1. The van der Waals surface area contributed by atoms with E-state index in [0.717, 1.165) is 12.4 Å². The SMILES string of the molecule is C=CCN(CC(=O)OCC)Cc1ncnn1CC(C)C. The molecule has 0 N–H and O–H groups in total. The van der Waals surface area contributed by atoms with Crippen LogP contribution in [0.2, 0.25) is 0 Å². The van der Waals surface area contributed by atoms with Crippen LogP contribution < -0.4 is 0 Å². The van der Waals surface area contributed by atoms with Gasteiger partial charge < -0.3 is 4.74 Å². The van der Waals surface area contributed by atoms with Gasteiger partial charge in [0.05, 0.1) is 19.7 Å². The third-order valence-electron chi connectivity index (χ3n) is 2.64. The molecule has 1 rings (SSSR count). The Hall–Kier alpha value is -1.69. The molecule has 0 bridgehead atoms. The van der Waals surface area contributed by atoms with Crippen molar-refractivity contribution in [2.75, 3.05) is 19.7 Å². The van der Waals surface area contributed by atoms with Crippen molar-refractivity contribution in [3.05, 3.63) is 24.8 Å². The van der Waals surface area contributed by atoms with Gasteiger partial charge in [-0.15, -0.1) is 6.58 Å². The van der Waals surface area contributed by atoms with Gasteiger partial charge in [-0.2, -0.15) is 5.10 Å². The monoisotopic (exact) mass is 280 g/mol. The van der Waals surface area contributed by atoms with Gasteiger partial charge >= 0.3 is 5.97 Å². The van der Waals surface area contributed by atoms with Crippen molar-refractivity contribution < 1.29 is 9.53 Å². The van der Waals surface area contributed by atoms with E-state index in [4.69, 9.17) is 4.74 Å². The Labute approximate surface area is 120 Å². The lowest BCUT2D eigenvalue weighted by Crippen LogP contribution is -2.32. The molecule has 1 aromatic heterocycles. The quantitative estimate of drug-likeness (QED) is 0.506. The standard InChI is InChI=1S/C14H24N4O2/c1-5-7-17(10-14(19)20-6-2)9-13-15-11-16-18(13)8-12(3)4/h5,11-12H,1,6-10H2,2-4H3. The molecule has 0 spiro atoms. The zero-order chi connectivity index (χ0) is 15.0. The Bertz CT molecular complexity index is 429. The highest BCUT2D eigenvalue weighted by molar-refractivity contribution is 5.71. The van der Waals surface area contributed by atoms with Crippen LogP contribution in [0, 0.1) is 5.92 Å². The summed E-state index contributed by atoms with van der Waals surface area (Å²) in [6.07, 6.45) is 3.32. The lowest BCUT2D eigenvalue weighted by atomic mass is 10.2. The fourth-order valence-corrected chi connectivity index (χ4v) is 1.87. The fourth-order valence-electron chi connectivity index (χ4n) is 1.87. The molecular formula is C14H24N4O2. The summed E-state index contributed by atoms with van der Waals surface area (Å²) in [5.74, 6) is 1.11. The van der Waals surface area contributed by atoms with E-state index in [1.54, 1.807) is 19.3 Å². The van der Waals surface area contributed by atoms with E-state index in [1.165, 1.54) is 0 Å². The van der Waals surface area contributed by atoms with Gasteiger partial charge in [0, 0.05) is 13.1 Å². The van der Waals surface area contributed by atoms with E-state index in [0.29, 0.717) is 25.6 Å². The minimum absolute atomic E-state index is 0.231. The highest BCUT2D eigenvalue weighted by Gasteiger charge is 2.14. The maximum absolute atomic E-state index is 11.6. The second-order valence-electron chi connectivity index (χ2n) is 5.02. The molecule has 0 amide bonds. The Balaban J connectivity index is 2.67. The van der Waals surface area contributed by atoms with Crippen molar-refractivity contribution in [2.45, 2.75) is 33.9 Å². The average molecular weight is 280 g/mol. The van der Waals surface area contributed by atoms with Crippen LogP contribution in [0.3, 0.4) is 0 Å². The van der Waals surface area contributed by atoms with E-state index >= 15 is 0 Å². The maximum Gasteiger partial charge on any atom is 0.320 e. The summed E-state index contributed by atoms with van der Waals surface area (Å²) in [6, 6.07) is 0. The van der Waals surface area contributed by atoms with Crippen LogP contribution in [-0.4, -0.2) is 45.3 Å². The first kappa shape index (κ1) is 16.4. The third-order valence-corrected chi connectivity index (χ3v) is 2.64. The molecule has 0 aliphatic carbocycles. The van der Waals surface area contributed by atoms with Crippen LogP contribution in [0.4, 0.5) is 0 Å². The van der Waals surface area contributed by atoms with Crippen LogP contribution in [0.25, 0.3) is 0 Å². The summed E-state index contributed by atoms with van der Waals surface area (Å²) in [4.78, 5) is 17.8. The van der Waals surface area contributed by atoms with Crippen LogP contribution >= 0.6 is 0 Å². The van der Waals surface area contributed by atoms with Gasteiger partial charge in [0.1, 0.15) is 12.2 Å². The van der Waals surface area contributed by atoms with Crippen LogP contribution in [0.1, 0.15) is 26.6 Å². The molecule has 0 unspecified atom stereocenters. The largest absolute Gasteiger partial charge is 0.465 e. The van der Waals surface area contributed by atoms with Gasteiger partial charge in [0.25, 0.3) is 0 Å². The summed E-state index contributed by atoms with van der Waals surface area (Å²) in [6.45, 7) is 12.4. The van der Waals surface area contributed by atoms with E-state index in [2.05, 4.69) is 30.5 Å². The molecule has 0 aliphatic heterocycles. The predicted octanol–water partition coefficient (Wildman–Crippen LogP) is 1.49. The van der Waals surface area contributed by atoms with Crippen molar-refractivity contribution in [1.29, 1.82) is 0 Å². The summed E-state index contributed by atoms with van der Waals surface area (Å²) in [5.41, 5.74) is 0. The minimum Gasteiger partial charge on any atom is -0.465 e. The first-order valence-electron chi connectivity index (χ1n) is 6.92. The Morgan fingerprint density at radius 2 is 2.35 bits per heavy atom. The van der Waals surface area contributed by atoms with Crippen molar-refractivity contribution in [1.82, 2.24) is 19.7 Å². The highest BCUT2D eigenvalue weighted by Crippen LogP contribution is 2.05. The smallest absolute Gasteiger partial charge is 0.320 e. The van der Waals surface area contributed by atoms with Crippen LogP contribution in [0.5, 0.6) is 0 Å². The van der Waals surface area contributed by atoms with Crippen molar-refractivity contribution in [3.63, 3.8) is 0 Å². The average Bonchev–Trinajstić information content (AvgIpc) is 2.76. The van der Waals surface area contributed by atoms with Crippen molar-refractivity contribution >= 4 is 5.97 Å². The molecule has 6 nitrogen and oxygen atoms in total. The maximum atomic E-state index is 11.6. The first-order chi connectivity index (χ1) is 9.56. The Kier molecular flexibility index (Phi) is 6.93. The van der Waals surface area contributed by atoms with Gasteiger partial charge in [-0.25, -0.2) is 9.67 Å². The molecule has 0 saturated heterocycles. The Morgan fingerprint density at radius 3 is 2.95 bits per heavy atom. The summed E-state index contributed by atoms with van der Waals surface area (Å²) in [5, 5.41) is 4.22. The number of hydrogen-bond donors (Lipinski definition) is 0. The summed E-state index contributed by atoms with van der Waals surface area (Å²) >= 11 is 0. The molecule has 0 saturated carbocycles. The number of aromatic nitrogens is 3. The van der Waals surface area contributed by atoms with Crippen molar-refractivity contribution in [3.8, 4) is 0 Å². The highest BCUT2D eigenvalue weighted by atomic mass is 16.5.